The Kier molecular flexibility index (Phi) is 6.26. The molecule has 1 aliphatic carbocycles. The molecule has 3 N–H and O–H groups in total. The summed E-state index contributed by atoms with van der Waals surface area (Å²) in [6, 6.07) is 0.331. The summed E-state index contributed by atoms with van der Waals surface area (Å²) in [5.74, 6) is -0.00350. The van der Waals surface area contributed by atoms with Gasteiger partial charge in [0.05, 0.1) is 5.60 Å². The smallest absolute Gasteiger partial charge is 0.246 e. The van der Waals surface area contributed by atoms with Crippen LogP contribution in [0, 0.1) is 0 Å². The molecule has 1 saturated carbocycles. The van der Waals surface area contributed by atoms with E-state index in [4.69, 9.17) is 15.2 Å². The summed E-state index contributed by atoms with van der Waals surface area (Å²) in [4.78, 5) is 12.0. The van der Waals surface area contributed by atoms with Crippen molar-refractivity contribution in [1.82, 2.24) is 5.32 Å². The summed E-state index contributed by atoms with van der Waals surface area (Å²) in [6.45, 7) is 1.91. The van der Waals surface area contributed by atoms with E-state index in [-0.39, 0.29) is 18.1 Å². The topological polar surface area (TPSA) is 73.6 Å². The molecule has 1 heterocycles. The number of hydrogen-bond donors (Lipinski definition) is 2. The normalized spacial score (nSPS) is 24.1. The highest BCUT2D eigenvalue weighted by Gasteiger charge is 2.32. The molecular weight excluding hydrogens is 256 g/mol. The summed E-state index contributed by atoms with van der Waals surface area (Å²) in [5, 5.41) is 3.10. The zero-order chi connectivity index (χ0) is 14.3. The lowest BCUT2D eigenvalue weighted by Crippen LogP contribution is -2.48. The molecular formula is C15H28N2O3. The van der Waals surface area contributed by atoms with E-state index in [1.165, 1.54) is 25.7 Å². The van der Waals surface area contributed by atoms with Crippen LogP contribution in [0.1, 0.15) is 51.4 Å². The molecule has 2 fully saturated rings. The van der Waals surface area contributed by atoms with E-state index >= 15 is 0 Å². The minimum atomic E-state index is -0.362. The minimum Gasteiger partial charge on any atom is -0.381 e. The third kappa shape index (κ3) is 4.72. The molecule has 0 atom stereocenters. The number of amides is 1. The van der Waals surface area contributed by atoms with Gasteiger partial charge in [0.25, 0.3) is 0 Å². The molecule has 1 amide bonds. The van der Waals surface area contributed by atoms with Crippen LogP contribution in [0.2, 0.25) is 0 Å². The highest BCUT2D eigenvalue weighted by Crippen LogP contribution is 2.24. The van der Waals surface area contributed by atoms with Crippen molar-refractivity contribution in [2.45, 2.75) is 63.0 Å². The SMILES string of the molecule is NCC1(OCC(=O)NC2CCCCCC2)CCOCC1. The summed E-state index contributed by atoms with van der Waals surface area (Å²) in [6.07, 6.45) is 8.77. The molecule has 116 valence electrons. The first-order valence-electron chi connectivity index (χ1n) is 7.95. The number of nitrogens with one attached hydrogen (secondary N) is 1. The minimum absolute atomic E-state index is 0.00350. The Morgan fingerprint density at radius 2 is 1.85 bits per heavy atom. The Bertz CT molecular complexity index is 295. The second-order valence-electron chi connectivity index (χ2n) is 6.04. The van der Waals surface area contributed by atoms with Gasteiger partial charge in [-0.15, -0.1) is 0 Å². The van der Waals surface area contributed by atoms with Crippen LogP contribution in [0.25, 0.3) is 0 Å². The molecule has 0 bridgehead atoms. The van der Waals surface area contributed by atoms with Crippen molar-refractivity contribution in [3.8, 4) is 0 Å². The number of nitrogens with two attached hydrogens (primary N) is 1. The molecule has 5 heteroatoms. The Morgan fingerprint density at radius 3 is 2.45 bits per heavy atom. The Balaban J connectivity index is 1.73. The van der Waals surface area contributed by atoms with E-state index in [1.54, 1.807) is 0 Å². The van der Waals surface area contributed by atoms with E-state index in [0.29, 0.717) is 25.8 Å². The van der Waals surface area contributed by atoms with Crippen LogP contribution in [0.5, 0.6) is 0 Å². The predicted octanol–water partition coefficient (Wildman–Crippen LogP) is 1.35. The first-order valence-corrected chi connectivity index (χ1v) is 7.95. The number of hydrogen-bond acceptors (Lipinski definition) is 4. The molecule has 1 aliphatic heterocycles. The highest BCUT2D eigenvalue weighted by atomic mass is 16.5. The Morgan fingerprint density at radius 1 is 1.20 bits per heavy atom. The molecule has 0 unspecified atom stereocenters. The zero-order valence-electron chi connectivity index (χ0n) is 12.4. The summed E-state index contributed by atoms with van der Waals surface area (Å²) in [7, 11) is 0. The number of carbonyl (C=O) groups excluding carboxylic acids is 1. The molecule has 0 radical (unpaired) electrons. The van der Waals surface area contributed by atoms with E-state index in [9.17, 15) is 4.79 Å². The molecule has 20 heavy (non-hydrogen) atoms. The zero-order valence-corrected chi connectivity index (χ0v) is 12.4. The number of carbonyl (C=O) groups is 1. The maximum atomic E-state index is 12.0. The van der Waals surface area contributed by atoms with Crippen LogP contribution < -0.4 is 11.1 Å². The summed E-state index contributed by atoms with van der Waals surface area (Å²) < 4.78 is 11.2. The van der Waals surface area contributed by atoms with Gasteiger partial charge in [-0.2, -0.15) is 0 Å². The first kappa shape index (κ1) is 15.7. The van der Waals surface area contributed by atoms with Crippen LogP contribution >= 0.6 is 0 Å². The van der Waals surface area contributed by atoms with Crippen LogP contribution in [0.3, 0.4) is 0 Å². The van der Waals surface area contributed by atoms with Gasteiger partial charge in [0.2, 0.25) is 5.91 Å². The van der Waals surface area contributed by atoms with Gasteiger partial charge >= 0.3 is 0 Å². The standard InChI is InChI=1S/C15H28N2O3/c16-12-15(7-9-19-10-8-15)20-11-14(18)17-13-5-3-1-2-4-6-13/h13H,1-12,16H2,(H,17,18). The largest absolute Gasteiger partial charge is 0.381 e. The van der Waals surface area contributed by atoms with E-state index in [0.717, 1.165) is 25.7 Å². The third-order valence-electron chi connectivity index (χ3n) is 4.51. The molecule has 0 aromatic carbocycles. The fourth-order valence-corrected chi connectivity index (χ4v) is 3.06. The maximum Gasteiger partial charge on any atom is 0.246 e. The van der Waals surface area contributed by atoms with Crippen molar-refractivity contribution in [3.63, 3.8) is 0 Å². The van der Waals surface area contributed by atoms with Gasteiger partial charge in [0.1, 0.15) is 6.61 Å². The fourth-order valence-electron chi connectivity index (χ4n) is 3.06. The van der Waals surface area contributed by atoms with Crippen LogP contribution in [-0.2, 0) is 14.3 Å². The van der Waals surface area contributed by atoms with E-state index in [2.05, 4.69) is 5.32 Å². The van der Waals surface area contributed by atoms with Crippen molar-refractivity contribution in [2.24, 2.45) is 5.73 Å². The van der Waals surface area contributed by atoms with Gasteiger partial charge in [-0.25, -0.2) is 0 Å². The van der Waals surface area contributed by atoms with Gasteiger partial charge in [-0.05, 0) is 12.8 Å². The van der Waals surface area contributed by atoms with Gasteiger partial charge in [0, 0.05) is 38.6 Å². The summed E-state index contributed by atoms with van der Waals surface area (Å²) >= 11 is 0. The quantitative estimate of drug-likeness (QED) is 0.747. The van der Waals surface area contributed by atoms with Crippen LogP contribution in [0.4, 0.5) is 0 Å². The molecule has 0 aromatic rings. The second kappa shape index (κ2) is 7.96. The number of ether oxygens (including phenoxy) is 2. The molecule has 0 aromatic heterocycles. The van der Waals surface area contributed by atoms with E-state index in [1.807, 2.05) is 0 Å². The average Bonchev–Trinajstić information content (AvgIpc) is 2.75. The van der Waals surface area contributed by atoms with Gasteiger partial charge in [-0.3, -0.25) is 4.79 Å². The predicted molar refractivity (Wildman–Crippen MR) is 77.4 cm³/mol. The van der Waals surface area contributed by atoms with Crippen molar-refractivity contribution < 1.29 is 14.3 Å². The van der Waals surface area contributed by atoms with Gasteiger partial charge in [0.15, 0.2) is 0 Å². The fraction of sp³-hybridized carbons (Fsp3) is 0.933. The number of rotatable bonds is 5. The van der Waals surface area contributed by atoms with Crippen molar-refractivity contribution in [3.05, 3.63) is 0 Å². The lowest BCUT2D eigenvalue weighted by molar-refractivity contribution is -0.142. The van der Waals surface area contributed by atoms with Crippen molar-refractivity contribution in [2.75, 3.05) is 26.4 Å². The van der Waals surface area contributed by atoms with E-state index < -0.39 is 0 Å². The Hall–Kier alpha value is -0.650. The Labute approximate surface area is 121 Å². The summed E-state index contributed by atoms with van der Waals surface area (Å²) in [5.41, 5.74) is 5.46. The molecule has 2 rings (SSSR count). The third-order valence-corrected chi connectivity index (χ3v) is 4.51. The van der Waals surface area contributed by atoms with Crippen molar-refractivity contribution in [1.29, 1.82) is 0 Å². The first-order chi connectivity index (χ1) is 9.74. The lowest BCUT2D eigenvalue weighted by Gasteiger charge is -2.35. The maximum absolute atomic E-state index is 12.0. The van der Waals surface area contributed by atoms with Crippen LogP contribution in [0.15, 0.2) is 0 Å². The highest BCUT2D eigenvalue weighted by molar-refractivity contribution is 5.77. The van der Waals surface area contributed by atoms with Gasteiger partial charge in [-0.1, -0.05) is 25.7 Å². The lowest BCUT2D eigenvalue weighted by atomic mass is 9.94. The van der Waals surface area contributed by atoms with Crippen molar-refractivity contribution >= 4 is 5.91 Å². The molecule has 2 aliphatic rings. The second-order valence-corrected chi connectivity index (χ2v) is 6.04. The average molecular weight is 284 g/mol. The monoisotopic (exact) mass is 284 g/mol. The van der Waals surface area contributed by atoms with Crippen LogP contribution in [-0.4, -0.2) is 43.9 Å². The molecule has 5 nitrogen and oxygen atoms in total. The molecule has 0 spiro atoms. The van der Waals surface area contributed by atoms with Gasteiger partial charge < -0.3 is 20.5 Å². The molecule has 1 saturated heterocycles.